The number of nitrogens with two attached hydrogens (primary N) is 1. The molecule has 1 aliphatic heterocycles. The second-order valence-electron chi connectivity index (χ2n) is 3.90. The molecule has 2 aromatic heterocycles. The number of fused-ring (bicyclic) bond motifs is 2. The lowest BCUT2D eigenvalue weighted by molar-refractivity contribution is 0.0666. The Balaban J connectivity index is 2.27. The lowest BCUT2D eigenvalue weighted by atomic mass is 10.1. The Hall–Kier alpha value is -2.08. The van der Waals surface area contributed by atoms with Crippen LogP contribution in [0.3, 0.4) is 0 Å². The normalized spacial score (nSPS) is 14.8. The van der Waals surface area contributed by atoms with Gasteiger partial charge in [-0.1, -0.05) is 0 Å². The first kappa shape index (κ1) is 10.1. The van der Waals surface area contributed by atoms with Crippen LogP contribution in [0.4, 0.5) is 5.69 Å². The first-order valence-electron chi connectivity index (χ1n) is 5.18. The van der Waals surface area contributed by atoms with Crippen LogP contribution in [0.15, 0.2) is 10.5 Å². The summed E-state index contributed by atoms with van der Waals surface area (Å²) in [6, 6.07) is 1.79. The molecule has 0 saturated heterocycles. The smallest absolute Gasteiger partial charge is 0.374 e. The topological polar surface area (TPSA) is 98.6 Å². The zero-order valence-electron chi connectivity index (χ0n) is 8.90. The number of carboxylic acid groups (broad SMARTS) is 1. The third-order valence-electron chi connectivity index (χ3n) is 2.82. The Bertz CT molecular complexity index is 617. The molecule has 0 aliphatic carbocycles. The molecule has 0 radical (unpaired) electrons. The van der Waals surface area contributed by atoms with Crippen LogP contribution in [0, 0.1) is 0 Å². The minimum Gasteiger partial charge on any atom is -0.475 e. The molecule has 3 rings (SSSR count). The van der Waals surface area contributed by atoms with Gasteiger partial charge in [0.1, 0.15) is 0 Å². The molecule has 17 heavy (non-hydrogen) atoms. The molecule has 0 amide bonds. The number of pyridine rings is 1. The molecule has 2 aromatic rings. The van der Waals surface area contributed by atoms with Gasteiger partial charge in [-0.3, -0.25) is 0 Å². The number of anilines is 1. The Labute approximate surface area is 96.0 Å². The van der Waals surface area contributed by atoms with Gasteiger partial charge in [-0.2, -0.15) is 0 Å². The van der Waals surface area contributed by atoms with E-state index in [0.29, 0.717) is 25.0 Å². The van der Waals surface area contributed by atoms with Crippen molar-refractivity contribution in [3.63, 3.8) is 0 Å². The summed E-state index contributed by atoms with van der Waals surface area (Å²) < 4.78 is 10.5. The predicted octanol–water partition coefficient (Wildman–Crippen LogP) is 1.18. The summed E-state index contributed by atoms with van der Waals surface area (Å²) in [5, 5.41) is 9.44. The summed E-state index contributed by atoms with van der Waals surface area (Å²) in [4.78, 5) is 15.2. The zero-order valence-corrected chi connectivity index (χ0v) is 8.90. The number of furan rings is 1. The maximum absolute atomic E-state index is 10.9. The van der Waals surface area contributed by atoms with E-state index in [1.807, 2.05) is 0 Å². The van der Waals surface area contributed by atoms with E-state index in [1.54, 1.807) is 6.07 Å². The van der Waals surface area contributed by atoms with Crippen LogP contribution in [0.5, 0.6) is 0 Å². The molecule has 0 spiro atoms. The monoisotopic (exact) mass is 234 g/mol. The molecule has 0 aromatic carbocycles. The number of ether oxygens (including phenoxy) is 1. The van der Waals surface area contributed by atoms with E-state index in [9.17, 15) is 4.79 Å². The third-order valence-corrected chi connectivity index (χ3v) is 2.82. The number of nitrogens with zero attached hydrogens (tertiary/aromatic N) is 1. The van der Waals surface area contributed by atoms with Gasteiger partial charge in [0.25, 0.3) is 0 Å². The number of aromatic carboxylic acids is 1. The van der Waals surface area contributed by atoms with Gasteiger partial charge in [0.2, 0.25) is 11.5 Å². The molecule has 88 valence electrons. The van der Waals surface area contributed by atoms with Gasteiger partial charge >= 0.3 is 5.97 Å². The van der Waals surface area contributed by atoms with Crippen LogP contribution < -0.4 is 5.73 Å². The average molecular weight is 234 g/mol. The van der Waals surface area contributed by atoms with E-state index in [4.69, 9.17) is 20.0 Å². The van der Waals surface area contributed by atoms with Crippen LogP contribution in [-0.4, -0.2) is 22.7 Å². The van der Waals surface area contributed by atoms with Crippen LogP contribution in [-0.2, 0) is 17.8 Å². The molecule has 0 unspecified atom stereocenters. The summed E-state index contributed by atoms with van der Waals surface area (Å²) >= 11 is 0. The number of hydrogen-bond donors (Lipinski definition) is 2. The fraction of sp³-hybridized carbons (Fsp3) is 0.273. The van der Waals surface area contributed by atoms with Gasteiger partial charge in [-0.25, -0.2) is 9.78 Å². The summed E-state index contributed by atoms with van der Waals surface area (Å²) in [6.45, 7) is 1.10. The standard InChI is InChI=1S/C11H10N2O4/c12-8-6-3-5-4-16-2-1-7(5)13-10(6)17-9(8)11(14)15/h3H,1-2,4,12H2,(H,14,15). The molecule has 0 fully saturated rings. The molecular weight excluding hydrogens is 224 g/mol. The maximum atomic E-state index is 10.9. The Kier molecular flexibility index (Phi) is 2.05. The van der Waals surface area contributed by atoms with Crippen molar-refractivity contribution in [1.29, 1.82) is 0 Å². The molecule has 0 atom stereocenters. The second-order valence-corrected chi connectivity index (χ2v) is 3.90. The van der Waals surface area contributed by atoms with Gasteiger partial charge < -0.3 is 20.0 Å². The molecule has 1 aliphatic rings. The second kappa shape index (κ2) is 3.46. The van der Waals surface area contributed by atoms with Crippen molar-refractivity contribution < 1.29 is 19.1 Å². The molecule has 0 saturated carbocycles. The van der Waals surface area contributed by atoms with E-state index in [0.717, 1.165) is 11.3 Å². The van der Waals surface area contributed by atoms with E-state index >= 15 is 0 Å². The number of aromatic nitrogens is 1. The van der Waals surface area contributed by atoms with Gasteiger partial charge in [0, 0.05) is 12.0 Å². The van der Waals surface area contributed by atoms with Crippen LogP contribution in [0.2, 0.25) is 0 Å². The van der Waals surface area contributed by atoms with Crippen LogP contribution in [0.1, 0.15) is 21.8 Å². The largest absolute Gasteiger partial charge is 0.475 e. The predicted molar refractivity (Wildman–Crippen MR) is 58.7 cm³/mol. The fourth-order valence-corrected chi connectivity index (χ4v) is 1.97. The highest BCUT2D eigenvalue weighted by atomic mass is 16.5. The highest BCUT2D eigenvalue weighted by molar-refractivity contribution is 6.01. The zero-order chi connectivity index (χ0) is 12.0. The van der Waals surface area contributed by atoms with E-state index in [2.05, 4.69) is 4.98 Å². The van der Waals surface area contributed by atoms with Crippen molar-refractivity contribution in [2.24, 2.45) is 0 Å². The van der Waals surface area contributed by atoms with Gasteiger partial charge in [0.15, 0.2) is 0 Å². The Morgan fingerprint density at radius 3 is 3.12 bits per heavy atom. The quantitative estimate of drug-likeness (QED) is 0.768. The summed E-state index contributed by atoms with van der Waals surface area (Å²) in [7, 11) is 0. The van der Waals surface area contributed by atoms with Crippen molar-refractivity contribution in [1.82, 2.24) is 4.98 Å². The summed E-state index contributed by atoms with van der Waals surface area (Å²) in [5.41, 5.74) is 7.94. The number of rotatable bonds is 1. The molecule has 6 nitrogen and oxygen atoms in total. The van der Waals surface area contributed by atoms with Crippen LogP contribution in [0.25, 0.3) is 11.1 Å². The number of hydrogen-bond acceptors (Lipinski definition) is 5. The first-order chi connectivity index (χ1) is 8.16. The molecule has 0 bridgehead atoms. The van der Waals surface area contributed by atoms with Crippen molar-refractivity contribution >= 4 is 22.8 Å². The SMILES string of the molecule is Nc1c(C(=O)O)oc2nc3c(cc12)COCC3. The maximum Gasteiger partial charge on any atom is 0.374 e. The Morgan fingerprint density at radius 1 is 1.53 bits per heavy atom. The average Bonchev–Trinajstić information content (AvgIpc) is 2.64. The summed E-state index contributed by atoms with van der Waals surface area (Å²) in [6.07, 6.45) is 0.703. The van der Waals surface area contributed by atoms with E-state index in [-0.39, 0.29) is 17.2 Å². The van der Waals surface area contributed by atoms with E-state index < -0.39 is 5.97 Å². The van der Waals surface area contributed by atoms with Gasteiger partial charge in [-0.15, -0.1) is 0 Å². The minimum atomic E-state index is -1.19. The van der Waals surface area contributed by atoms with E-state index in [1.165, 1.54) is 0 Å². The highest BCUT2D eigenvalue weighted by Crippen LogP contribution is 2.30. The fourth-order valence-electron chi connectivity index (χ4n) is 1.97. The highest BCUT2D eigenvalue weighted by Gasteiger charge is 2.21. The van der Waals surface area contributed by atoms with Crippen molar-refractivity contribution in [2.75, 3.05) is 12.3 Å². The lowest BCUT2D eigenvalue weighted by Gasteiger charge is -2.14. The first-order valence-corrected chi connectivity index (χ1v) is 5.18. The number of carbonyl (C=O) groups is 1. The van der Waals surface area contributed by atoms with Gasteiger partial charge in [0.05, 0.1) is 30.0 Å². The summed E-state index contributed by atoms with van der Waals surface area (Å²) in [5.74, 6) is -1.44. The molecule has 6 heteroatoms. The van der Waals surface area contributed by atoms with Crippen molar-refractivity contribution in [3.05, 3.63) is 23.1 Å². The van der Waals surface area contributed by atoms with Crippen molar-refractivity contribution in [3.8, 4) is 0 Å². The Morgan fingerprint density at radius 2 is 2.35 bits per heavy atom. The number of nitrogen functional groups attached to an aromatic ring is 1. The van der Waals surface area contributed by atoms with Crippen molar-refractivity contribution in [2.45, 2.75) is 13.0 Å². The minimum absolute atomic E-state index is 0.119. The molecule has 3 heterocycles. The van der Waals surface area contributed by atoms with Gasteiger partial charge in [-0.05, 0) is 6.07 Å². The molecule has 3 N–H and O–H groups in total. The lowest BCUT2D eigenvalue weighted by Crippen LogP contribution is -2.11. The molecular formula is C11H10N2O4. The third kappa shape index (κ3) is 1.45. The number of carboxylic acids is 1. The van der Waals surface area contributed by atoms with Crippen LogP contribution >= 0.6 is 0 Å².